The van der Waals surface area contributed by atoms with Gasteiger partial charge in [-0.25, -0.2) is 14.8 Å². The third-order valence-electron chi connectivity index (χ3n) is 5.82. The lowest BCUT2D eigenvalue weighted by molar-refractivity contribution is 0.257. The van der Waals surface area contributed by atoms with E-state index in [4.69, 9.17) is 0 Å². The monoisotopic (exact) mass is 406 g/mol. The first-order valence-electron chi connectivity index (χ1n) is 10.4. The fourth-order valence-corrected chi connectivity index (χ4v) is 4.47. The van der Waals surface area contributed by atoms with Gasteiger partial charge in [-0.2, -0.15) is 5.10 Å². The average molecular weight is 406 g/mol. The van der Waals surface area contributed by atoms with Crippen LogP contribution in [0.4, 0.5) is 22.1 Å². The topological polar surface area (TPSA) is 91.2 Å². The highest BCUT2D eigenvalue weighted by atomic mass is 16.2. The molecule has 2 aliphatic heterocycles. The summed E-state index contributed by atoms with van der Waals surface area (Å²) in [4.78, 5) is 26.2. The van der Waals surface area contributed by atoms with Crippen molar-refractivity contribution in [2.24, 2.45) is 7.05 Å². The van der Waals surface area contributed by atoms with Crippen LogP contribution in [0.5, 0.6) is 0 Å². The summed E-state index contributed by atoms with van der Waals surface area (Å²) in [6, 6.07) is 4.16. The molecule has 3 aromatic heterocycles. The number of urea groups is 1. The van der Waals surface area contributed by atoms with E-state index < -0.39 is 0 Å². The molecule has 0 aliphatic carbocycles. The van der Waals surface area contributed by atoms with E-state index in [9.17, 15) is 4.79 Å². The minimum Gasteiger partial charge on any atom is -0.368 e. The van der Waals surface area contributed by atoms with Crippen molar-refractivity contribution in [2.45, 2.75) is 26.3 Å². The quantitative estimate of drug-likeness (QED) is 0.677. The molecule has 5 rings (SSSR count). The Morgan fingerprint density at radius 3 is 3.03 bits per heavy atom. The van der Waals surface area contributed by atoms with Crippen molar-refractivity contribution in [1.29, 1.82) is 0 Å². The fraction of sp³-hybridized carbons (Fsp3) is 0.429. The maximum absolute atomic E-state index is 13.1. The van der Waals surface area contributed by atoms with Gasteiger partial charge in [0.15, 0.2) is 0 Å². The molecule has 1 fully saturated rings. The first kappa shape index (κ1) is 18.8. The van der Waals surface area contributed by atoms with Gasteiger partial charge in [-0.3, -0.25) is 14.9 Å². The van der Waals surface area contributed by atoms with Crippen LogP contribution in [-0.4, -0.2) is 58.0 Å². The summed E-state index contributed by atoms with van der Waals surface area (Å²) in [6.07, 6.45) is 4.53. The lowest BCUT2D eigenvalue weighted by Crippen LogP contribution is -2.49. The Morgan fingerprint density at radius 1 is 1.33 bits per heavy atom. The van der Waals surface area contributed by atoms with Gasteiger partial charge in [-0.1, -0.05) is 0 Å². The normalized spacial score (nSPS) is 18.7. The molecule has 9 heteroatoms. The van der Waals surface area contributed by atoms with E-state index in [1.54, 1.807) is 15.8 Å². The molecule has 2 aliphatic rings. The molecule has 156 valence electrons. The third kappa shape index (κ3) is 3.24. The standard InChI is InChI=1S/C21H26N8O/c1-13-11-28(9-7-22-13)17-4-6-23-20-16(17)5-8-29(20)21(30)25-18-10-15-12-27(3)26-19(15)14(2)24-18/h4,6,10,12-13,22H,5,7-9,11H2,1-3H3,(H,25,30)/t13-/m1/s1. The van der Waals surface area contributed by atoms with Crippen LogP contribution in [0.1, 0.15) is 18.2 Å². The minimum absolute atomic E-state index is 0.206. The van der Waals surface area contributed by atoms with Crippen LogP contribution in [0.3, 0.4) is 0 Å². The van der Waals surface area contributed by atoms with Crippen LogP contribution in [0.2, 0.25) is 0 Å². The summed E-state index contributed by atoms with van der Waals surface area (Å²) in [5, 5.41) is 11.8. The van der Waals surface area contributed by atoms with Gasteiger partial charge in [0.2, 0.25) is 0 Å². The number of aryl methyl sites for hydroxylation is 2. The van der Waals surface area contributed by atoms with Gasteiger partial charge in [0.1, 0.15) is 17.2 Å². The zero-order valence-electron chi connectivity index (χ0n) is 17.5. The molecule has 0 unspecified atom stereocenters. The molecule has 2 N–H and O–H groups in total. The van der Waals surface area contributed by atoms with Gasteiger partial charge in [0, 0.05) is 68.3 Å². The zero-order chi connectivity index (χ0) is 20.8. The number of carbonyl (C=O) groups excluding carboxylic acids is 1. The second-order valence-electron chi connectivity index (χ2n) is 8.10. The molecular weight excluding hydrogens is 380 g/mol. The van der Waals surface area contributed by atoms with Crippen LogP contribution in [0.25, 0.3) is 10.9 Å². The molecular formula is C21H26N8O. The largest absolute Gasteiger partial charge is 0.368 e. The van der Waals surface area contributed by atoms with Crippen LogP contribution in [-0.2, 0) is 13.5 Å². The Balaban J connectivity index is 1.39. The van der Waals surface area contributed by atoms with E-state index in [0.717, 1.165) is 54.0 Å². The zero-order valence-corrected chi connectivity index (χ0v) is 17.5. The summed E-state index contributed by atoms with van der Waals surface area (Å²) >= 11 is 0. The van der Waals surface area contributed by atoms with Crippen molar-refractivity contribution in [3.8, 4) is 0 Å². The number of pyridine rings is 2. The Bertz CT molecular complexity index is 1120. The van der Waals surface area contributed by atoms with Gasteiger partial charge in [-0.15, -0.1) is 0 Å². The number of hydrogen-bond donors (Lipinski definition) is 2. The van der Waals surface area contributed by atoms with Crippen molar-refractivity contribution in [2.75, 3.05) is 41.3 Å². The van der Waals surface area contributed by atoms with Crippen molar-refractivity contribution in [1.82, 2.24) is 25.1 Å². The molecule has 1 atom stereocenters. The molecule has 0 spiro atoms. The number of rotatable bonds is 2. The maximum atomic E-state index is 13.1. The van der Waals surface area contributed by atoms with Crippen LogP contribution >= 0.6 is 0 Å². The van der Waals surface area contributed by atoms with Gasteiger partial charge in [0.25, 0.3) is 0 Å². The van der Waals surface area contributed by atoms with E-state index in [0.29, 0.717) is 18.4 Å². The van der Waals surface area contributed by atoms with Gasteiger partial charge >= 0.3 is 6.03 Å². The third-order valence-corrected chi connectivity index (χ3v) is 5.82. The number of anilines is 3. The molecule has 9 nitrogen and oxygen atoms in total. The molecule has 30 heavy (non-hydrogen) atoms. The molecule has 0 saturated carbocycles. The van der Waals surface area contributed by atoms with Gasteiger partial charge in [0.05, 0.1) is 5.69 Å². The molecule has 2 amide bonds. The number of aromatic nitrogens is 4. The Labute approximate surface area is 175 Å². The molecule has 3 aromatic rings. The number of amides is 2. The van der Waals surface area contributed by atoms with Crippen molar-refractivity contribution < 1.29 is 4.79 Å². The van der Waals surface area contributed by atoms with Crippen LogP contribution < -0.4 is 20.4 Å². The maximum Gasteiger partial charge on any atom is 0.328 e. The smallest absolute Gasteiger partial charge is 0.328 e. The number of nitrogens with one attached hydrogen (secondary N) is 2. The number of piperazine rings is 1. The highest BCUT2D eigenvalue weighted by Crippen LogP contribution is 2.34. The van der Waals surface area contributed by atoms with Crippen molar-refractivity contribution in [3.05, 3.63) is 35.8 Å². The first-order valence-corrected chi connectivity index (χ1v) is 10.4. The number of carbonyl (C=O) groups is 1. The van der Waals surface area contributed by atoms with E-state index in [1.807, 2.05) is 26.2 Å². The number of nitrogens with zero attached hydrogens (tertiary/aromatic N) is 6. The Morgan fingerprint density at radius 2 is 2.20 bits per heavy atom. The number of hydrogen-bond acceptors (Lipinski definition) is 6. The molecule has 5 heterocycles. The lowest BCUT2D eigenvalue weighted by atomic mass is 10.1. The molecule has 0 aromatic carbocycles. The van der Waals surface area contributed by atoms with Crippen LogP contribution in [0, 0.1) is 6.92 Å². The Hall–Kier alpha value is -3.20. The predicted octanol–water partition coefficient (Wildman–Crippen LogP) is 2.06. The summed E-state index contributed by atoms with van der Waals surface area (Å²) < 4.78 is 1.75. The van der Waals surface area contributed by atoms with Crippen molar-refractivity contribution in [3.63, 3.8) is 0 Å². The molecule has 0 bridgehead atoms. The fourth-order valence-electron chi connectivity index (χ4n) is 4.47. The predicted molar refractivity (Wildman–Crippen MR) is 117 cm³/mol. The van der Waals surface area contributed by atoms with E-state index in [2.05, 4.69) is 43.6 Å². The first-order chi connectivity index (χ1) is 14.5. The summed E-state index contributed by atoms with van der Waals surface area (Å²) in [5.41, 5.74) is 3.97. The van der Waals surface area contributed by atoms with Crippen molar-refractivity contribution >= 4 is 34.3 Å². The van der Waals surface area contributed by atoms with E-state index in [-0.39, 0.29) is 6.03 Å². The van der Waals surface area contributed by atoms with Gasteiger partial charge < -0.3 is 10.2 Å². The SMILES string of the molecule is Cc1nc(NC(=O)N2CCc3c(N4CCN[C@H](C)C4)ccnc32)cc2cn(C)nc12. The highest BCUT2D eigenvalue weighted by Gasteiger charge is 2.30. The minimum atomic E-state index is -0.206. The highest BCUT2D eigenvalue weighted by molar-refractivity contribution is 6.03. The summed E-state index contributed by atoms with van der Waals surface area (Å²) in [5.74, 6) is 1.27. The van der Waals surface area contributed by atoms with Crippen LogP contribution in [0.15, 0.2) is 24.5 Å². The summed E-state index contributed by atoms with van der Waals surface area (Å²) in [6.45, 7) is 7.59. The Kier molecular flexibility index (Phi) is 4.54. The lowest BCUT2D eigenvalue weighted by Gasteiger charge is -2.34. The second kappa shape index (κ2) is 7.24. The summed E-state index contributed by atoms with van der Waals surface area (Å²) in [7, 11) is 1.88. The van der Waals surface area contributed by atoms with Gasteiger partial charge in [-0.05, 0) is 32.4 Å². The molecule has 0 radical (unpaired) electrons. The average Bonchev–Trinajstić information content (AvgIpc) is 3.31. The van der Waals surface area contributed by atoms with E-state index >= 15 is 0 Å². The molecule has 1 saturated heterocycles. The number of fused-ring (bicyclic) bond motifs is 2. The second-order valence-corrected chi connectivity index (χ2v) is 8.10. The van der Waals surface area contributed by atoms with E-state index in [1.165, 1.54) is 5.69 Å².